The van der Waals surface area contributed by atoms with Crippen molar-refractivity contribution in [1.82, 2.24) is 9.97 Å². The van der Waals surface area contributed by atoms with Crippen LogP contribution in [0.25, 0.3) is 0 Å². The largest absolute Gasteiger partial charge is 0.497 e. The zero-order valence-corrected chi connectivity index (χ0v) is 23.1. The number of fused-ring (bicyclic) bond motifs is 1. The van der Waals surface area contributed by atoms with Gasteiger partial charge in [-0.3, -0.25) is 9.97 Å². The lowest BCUT2D eigenvalue weighted by molar-refractivity contribution is 0.307. The highest BCUT2D eigenvalue weighted by molar-refractivity contribution is 5.30. The molecule has 5 heteroatoms. The molecule has 0 spiro atoms. The summed E-state index contributed by atoms with van der Waals surface area (Å²) in [6.45, 7) is 12.0. The zero-order chi connectivity index (χ0) is 26.8. The van der Waals surface area contributed by atoms with Gasteiger partial charge in [0.05, 0.1) is 29.9 Å². The van der Waals surface area contributed by atoms with E-state index >= 15 is 0 Å². The first-order chi connectivity index (χ1) is 17.5. The highest BCUT2D eigenvalue weighted by atomic mass is 16.5. The number of hydrogen-bond acceptors (Lipinski definition) is 5. The van der Waals surface area contributed by atoms with E-state index in [1.807, 2.05) is 19.9 Å². The average Bonchev–Trinajstić information content (AvgIpc) is 3.42. The Balaban J connectivity index is 0.000000507. The molecule has 0 atom stereocenters. The summed E-state index contributed by atoms with van der Waals surface area (Å²) in [6, 6.07) is 8.74. The minimum atomic E-state index is 0. The number of nitrogens with two attached hydrogens (primary N) is 1. The molecule has 0 radical (unpaired) electrons. The van der Waals surface area contributed by atoms with Crippen molar-refractivity contribution in [2.24, 2.45) is 5.90 Å². The molecule has 2 aromatic rings. The Morgan fingerprint density at radius 2 is 1.38 bits per heavy atom. The van der Waals surface area contributed by atoms with Gasteiger partial charge in [-0.05, 0) is 94.9 Å². The van der Waals surface area contributed by atoms with Crippen LogP contribution in [0.4, 0.5) is 0 Å². The Morgan fingerprint density at radius 1 is 0.892 bits per heavy atom. The molecule has 0 amide bonds. The number of allylic oxidation sites excluding steroid dienone is 4. The fraction of sp³-hybridized carbons (Fsp3) is 0.500. The van der Waals surface area contributed by atoms with Crippen LogP contribution in [0, 0.1) is 13.8 Å². The summed E-state index contributed by atoms with van der Waals surface area (Å²) in [4.78, 5) is 9.00. The standard InChI is InChI=1S/C12H18O.C10H16N2.C9H10.CH4.H3NO/c1-3-12(13-2)10-9-11-7-5-4-6-8-11;1-5-9-7(3)12-10(6-2)8(4)11-9;1-2-5-9-7-3-6-8(9)4-1;;1-2/h3,9-10H,1,4-8H2,2H3;5-6H2,1-4H3;1-2,4-5H,3,6-7H2;1H4;2H,1H2/b12-10+;;;;. The second-order valence-electron chi connectivity index (χ2n) is 8.98. The average molecular weight is 510 g/mol. The summed E-state index contributed by atoms with van der Waals surface area (Å²) in [5, 5.41) is 6.50. The molecule has 0 unspecified atom stereocenters. The molecule has 0 saturated heterocycles. The van der Waals surface area contributed by atoms with Crippen LogP contribution in [-0.4, -0.2) is 22.3 Å². The third-order valence-electron chi connectivity index (χ3n) is 6.54. The van der Waals surface area contributed by atoms with Crippen LogP contribution < -0.4 is 5.90 Å². The van der Waals surface area contributed by atoms with Gasteiger partial charge in [0.15, 0.2) is 0 Å². The summed E-state index contributed by atoms with van der Waals surface area (Å²) < 4.78 is 5.09. The molecule has 1 heterocycles. The number of benzene rings is 1. The predicted octanol–water partition coefficient (Wildman–Crippen LogP) is 7.96. The Morgan fingerprint density at radius 3 is 1.78 bits per heavy atom. The Hall–Kier alpha value is -2.76. The fourth-order valence-corrected chi connectivity index (χ4v) is 4.47. The first kappa shape index (κ1) is 34.2. The van der Waals surface area contributed by atoms with E-state index in [1.165, 1.54) is 51.4 Å². The Labute approximate surface area is 226 Å². The van der Waals surface area contributed by atoms with Crippen molar-refractivity contribution in [1.29, 1.82) is 0 Å². The van der Waals surface area contributed by atoms with Gasteiger partial charge in [0.25, 0.3) is 0 Å². The molecule has 0 bridgehead atoms. The van der Waals surface area contributed by atoms with E-state index in [-0.39, 0.29) is 7.43 Å². The molecule has 2 aliphatic carbocycles. The normalized spacial score (nSPS) is 13.7. The molecule has 0 aliphatic heterocycles. The van der Waals surface area contributed by atoms with E-state index < -0.39 is 0 Å². The molecule has 1 aromatic heterocycles. The van der Waals surface area contributed by atoms with Gasteiger partial charge in [0.2, 0.25) is 0 Å². The van der Waals surface area contributed by atoms with E-state index in [0.717, 1.165) is 41.4 Å². The number of aromatic nitrogens is 2. The van der Waals surface area contributed by atoms with E-state index in [2.05, 4.69) is 66.6 Å². The van der Waals surface area contributed by atoms with Gasteiger partial charge in [-0.2, -0.15) is 0 Å². The van der Waals surface area contributed by atoms with Crippen LogP contribution in [0.5, 0.6) is 0 Å². The van der Waals surface area contributed by atoms with Crippen molar-refractivity contribution < 1.29 is 9.94 Å². The summed E-state index contributed by atoms with van der Waals surface area (Å²) in [5.74, 6) is 4.35. The topological polar surface area (TPSA) is 81.3 Å². The lowest BCUT2D eigenvalue weighted by atomic mass is 9.95. The van der Waals surface area contributed by atoms with E-state index in [9.17, 15) is 0 Å². The predicted molar refractivity (Wildman–Crippen MR) is 158 cm³/mol. The molecule has 5 nitrogen and oxygen atoms in total. The second kappa shape index (κ2) is 20.3. The van der Waals surface area contributed by atoms with Crippen molar-refractivity contribution >= 4 is 0 Å². The zero-order valence-electron chi connectivity index (χ0n) is 23.1. The van der Waals surface area contributed by atoms with Crippen molar-refractivity contribution in [2.75, 3.05) is 7.11 Å². The van der Waals surface area contributed by atoms with Crippen molar-refractivity contribution in [3.63, 3.8) is 0 Å². The molecule has 1 saturated carbocycles. The monoisotopic (exact) mass is 509 g/mol. The van der Waals surface area contributed by atoms with Crippen LogP contribution in [0.1, 0.15) is 93.7 Å². The first-order valence-electron chi connectivity index (χ1n) is 13.2. The number of methoxy groups -OCH3 is 1. The van der Waals surface area contributed by atoms with E-state index in [0.29, 0.717) is 0 Å². The SMILES string of the molecule is C.C=C/C(=C\C=C1CCCCC1)OC.CCc1nc(C)c(CC)nc1C.NO.c1ccc2c(c1)CCC2. The summed E-state index contributed by atoms with van der Waals surface area (Å²) in [6.07, 6.45) is 18.4. The smallest absolute Gasteiger partial charge is 0.118 e. The minimum Gasteiger partial charge on any atom is -0.497 e. The van der Waals surface area contributed by atoms with Gasteiger partial charge < -0.3 is 9.94 Å². The minimum absolute atomic E-state index is 0. The van der Waals surface area contributed by atoms with Crippen molar-refractivity contribution in [2.45, 2.75) is 99.3 Å². The molecule has 206 valence electrons. The fourth-order valence-electron chi connectivity index (χ4n) is 4.47. The molecule has 37 heavy (non-hydrogen) atoms. The number of nitrogens with zero attached hydrogens (tertiary/aromatic N) is 2. The van der Waals surface area contributed by atoms with E-state index in [4.69, 9.17) is 9.94 Å². The van der Waals surface area contributed by atoms with Crippen LogP contribution in [0.2, 0.25) is 0 Å². The number of rotatable bonds is 5. The number of ether oxygens (including phenoxy) is 1. The lowest BCUT2D eigenvalue weighted by Crippen LogP contribution is -2.03. The molecular formula is C32H51N3O2. The molecule has 2 aliphatic rings. The highest BCUT2D eigenvalue weighted by Crippen LogP contribution is 2.23. The maximum atomic E-state index is 6.50. The van der Waals surface area contributed by atoms with E-state index in [1.54, 1.807) is 29.9 Å². The van der Waals surface area contributed by atoms with Gasteiger partial charge in [0.1, 0.15) is 5.76 Å². The first-order valence-corrected chi connectivity index (χ1v) is 13.2. The second-order valence-corrected chi connectivity index (χ2v) is 8.98. The maximum absolute atomic E-state index is 6.50. The molecule has 3 N–H and O–H groups in total. The van der Waals surface area contributed by atoms with Gasteiger partial charge in [-0.1, -0.05) is 70.2 Å². The quantitative estimate of drug-likeness (QED) is 0.243. The number of hydrogen-bond donors (Lipinski definition) is 2. The third kappa shape index (κ3) is 12.4. The molecule has 4 rings (SSSR count). The van der Waals surface area contributed by atoms with Crippen LogP contribution in [-0.2, 0) is 30.4 Å². The van der Waals surface area contributed by atoms with Crippen molar-refractivity contribution in [3.05, 3.63) is 94.3 Å². The molecule has 1 fully saturated rings. The summed E-state index contributed by atoms with van der Waals surface area (Å²) in [5.41, 5.74) is 9.10. The molecule has 1 aromatic carbocycles. The van der Waals surface area contributed by atoms with Gasteiger partial charge >= 0.3 is 0 Å². The van der Waals surface area contributed by atoms with Gasteiger partial charge in [-0.15, -0.1) is 0 Å². The van der Waals surface area contributed by atoms with Gasteiger partial charge in [0, 0.05) is 0 Å². The van der Waals surface area contributed by atoms with Crippen LogP contribution in [0.3, 0.4) is 0 Å². The lowest BCUT2D eigenvalue weighted by Gasteiger charge is -2.12. The van der Waals surface area contributed by atoms with Crippen LogP contribution >= 0.6 is 0 Å². The Kier molecular flexibility index (Phi) is 18.8. The third-order valence-corrected chi connectivity index (χ3v) is 6.54. The summed E-state index contributed by atoms with van der Waals surface area (Å²) in [7, 11) is 1.67. The number of aryl methyl sites for hydroxylation is 6. The summed E-state index contributed by atoms with van der Waals surface area (Å²) >= 11 is 0. The van der Waals surface area contributed by atoms with Gasteiger partial charge in [-0.25, -0.2) is 5.90 Å². The van der Waals surface area contributed by atoms with Crippen LogP contribution in [0.15, 0.2) is 60.4 Å². The molecular weight excluding hydrogens is 458 g/mol. The highest BCUT2D eigenvalue weighted by Gasteiger charge is 2.07. The maximum Gasteiger partial charge on any atom is 0.118 e. The Bertz CT molecular complexity index is 919. The van der Waals surface area contributed by atoms with Crippen molar-refractivity contribution in [3.8, 4) is 0 Å².